The van der Waals surface area contributed by atoms with Crippen LogP contribution >= 0.6 is 16.8 Å². The van der Waals surface area contributed by atoms with E-state index in [4.69, 9.17) is 4.52 Å². The Balaban J connectivity index is 1.75. The molecule has 0 saturated carbocycles. The molecule has 3 N–H and O–H groups in total. The summed E-state index contributed by atoms with van der Waals surface area (Å²) in [5.74, 6) is 0.763. The van der Waals surface area contributed by atoms with Crippen LogP contribution in [0.5, 0.6) is 5.75 Å². The quantitative estimate of drug-likeness (QED) is 0.252. The molecule has 168 valence electrons. The highest BCUT2D eigenvalue weighted by Gasteiger charge is 2.33. The van der Waals surface area contributed by atoms with Crippen LogP contribution in [0.4, 0.5) is 0 Å². The number of aryl methyl sites for hydroxylation is 2. The van der Waals surface area contributed by atoms with Crippen molar-refractivity contribution in [3.8, 4) is 28.0 Å². The highest BCUT2D eigenvalue weighted by atomic mass is 31.2. The average Bonchev–Trinajstić information content (AvgIpc) is 2.79. The maximum absolute atomic E-state index is 11.4. The van der Waals surface area contributed by atoms with Crippen molar-refractivity contribution in [2.75, 3.05) is 0 Å². The van der Waals surface area contributed by atoms with Crippen molar-refractivity contribution in [3.63, 3.8) is 0 Å². The molecular formula is C26H30O4P2. The van der Waals surface area contributed by atoms with Gasteiger partial charge in [0.05, 0.1) is 5.30 Å². The number of rotatable bonds is 10. The first-order chi connectivity index (χ1) is 15.6. The van der Waals surface area contributed by atoms with Gasteiger partial charge in [-0.1, -0.05) is 75.2 Å². The predicted molar refractivity (Wildman–Crippen MR) is 135 cm³/mol. The first kappa shape index (κ1) is 23.4. The van der Waals surface area contributed by atoms with Crippen molar-refractivity contribution in [1.29, 1.82) is 0 Å². The Bertz CT molecular complexity index is 1070. The van der Waals surface area contributed by atoms with Gasteiger partial charge in [0.15, 0.2) is 8.38 Å². The maximum atomic E-state index is 11.4. The predicted octanol–water partition coefficient (Wildman–Crippen LogP) is 5.95. The van der Waals surface area contributed by atoms with Gasteiger partial charge >= 0.3 is 0 Å². The molecule has 4 nitrogen and oxygen atoms in total. The van der Waals surface area contributed by atoms with E-state index in [1.54, 1.807) is 6.07 Å². The fourth-order valence-corrected chi connectivity index (χ4v) is 6.56. The molecule has 1 unspecified atom stereocenters. The van der Waals surface area contributed by atoms with Crippen LogP contribution in [0.3, 0.4) is 0 Å². The topological polar surface area (TPSA) is 69.9 Å². The van der Waals surface area contributed by atoms with Crippen LogP contribution in [0.25, 0.3) is 22.3 Å². The molecule has 3 aromatic carbocycles. The van der Waals surface area contributed by atoms with Gasteiger partial charge in [-0.25, -0.2) is 0 Å². The Hall–Kier alpha value is -1.80. The lowest BCUT2D eigenvalue weighted by molar-refractivity contribution is 0.487. The van der Waals surface area contributed by atoms with Gasteiger partial charge in [0, 0.05) is 10.9 Å². The van der Waals surface area contributed by atoms with Crippen LogP contribution in [0.1, 0.15) is 50.7 Å². The molecular weight excluding hydrogens is 438 g/mol. The molecule has 32 heavy (non-hydrogen) atoms. The van der Waals surface area contributed by atoms with Crippen LogP contribution in [-0.4, -0.2) is 14.7 Å². The highest BCUT2D eigenvalue weighted by Crippen LogP contribution is 2.51. The molecule has 0 fully saturated rings. The molecule has 0 heterocycles. The largest absolute Gasteiger partial charge is 0.443 e. The molecule has 0 aromatic heterocycles. The van der Waals surface area contributed by atoms with Crippen molar-refractivity contribution in [3.05, 3.63) is 65.7 Å². The third kappa shape index (κ3) is 4.49. The van der Waals surface area contributed by atoms with E-state index in [1.165, 1.54) is 0 Å². The Morgan fingerprint density at radius 1 is 0.719 bits per heavy atom. The fraction of sp³-hybridized carbons (Fsp3) is 0.308. The SMILES string of the molecule is CCCCc1cccc(CCCC)c1OP(O)c1c(P(O)O)ccc2c1-c1ccccc1-2. The van der Waals surface area contributed by atoms with E-state index in [1.807, 2.05) is 30.3 Å². The second-order valence-electron chi connectivity index (χ2n) is 8.17. The minimum Gasteiger partial charge on any atom is -0.443 e. The zero-order chi connectivity index (χ0) is 22.7. The van der Waals surface area contributed by atoms with Gasteiger partial charge in [0.2, 0.25) is 0 Å². The third-order valence-corrected chi connectivity index (χ3v) is 8.19. The zero-order valence-electron chi connectivity index (χ0n) is 18.6. The van der Waals surface area contributed by atoms with Gasteiger partial charge in [0.25, 0.3) is 8.38 Å². The molecule has 0 spiro atoms. The summed E-state index contributed by atoms with van der Waals surface area (Å²) < 4.78 is 6.34. The van der Waals surface area contributed by atoms with Gasteiger partial charge in [-0.3, -0.25) is 0 Å². The van der Waals surface area contributed by atoms with E-state index in [0.29, 0.717) is 10.6 Å². The van der Waals surface area contributed by atoms with Crippen molar-refractivity contribution < 1.29 is 19.2 Å². The first-order valence-electron chi connectivity index (χ1n) is 11.3. The summed E-state index contributed by atoms with van der Waals surface area (Å²) in [7, 11) is -4.45. The number of hydrogen-bond acceptors (Lipinski definition) is 4. The molecule has 0 saturated heterocycles. The summed E-state index contributed by atoms with van der Waals surface area (Å²) in [5, 5.41) is 0.891. The number of para-hydroxylation sites is 1. The van der Waals surface area contributed by atoms with Crippen LogP contribution < -0.4 is 15.1 Å². The molecule has 1 aliphatic carbocycles. The Morgan fingerprint density at radius 2 is 1.34 bits per heavy atom. The summed E-state index contributed by atoms with van der Waals surface area (Å²) >= 11 is 0. The maximum Gasteiger partial charge on any atom is 0.263 e. The third-order valence-electron chi connectivity index (χ3n) is 6.01. The molecule has 3 aromatic rings. The Kier molecular flexibility index (Phi) is 7.61. The minimum absolute atomic E-state index is 0.364. The lowest BCUT2D eigenvalue weighted by atomic mass is 9.81. The van der Waals surface area contributed by atoms with Crippen LogP contribution in [-0.2, 0) is 12.8 Å². The number of benzene rings is 3. The summed E-state index contributed by atoms with van der Waals surface area (Å²) in [6.45, 7) is 4.33. The van der Waals surface area contributed by atoms with E-state index in [0.717, 1.165) is 77.7 Å². The summed E-state index contributed by atoms with van der Waals surface area (Å²) in [4.78, 5) is 31.6. The van der Waals surface area contributed by atoms with E-state index < -0.39 is 16.8 Å². The zero-order valence-corrected chi connectivity index (χ0v) is 20.4. The molecule has 4 rings (SSSR count). The summed E-state index contributed by atoms with van der Waals surface area (Å²) in [6.07, 6.45) is 6.05. The smallest absolute Gasteiger partial charge is 0.263 e. The highest BCUT2D eigenvalue weighted by molar-refractivity contribution is 7.62. The molecule has 1 atom stereocenters. The van der Waals surface area contributed by atoms with Gasteiger partial charge < -0.3 is 19.2 Å². The van der Waals surface area contributed by atoms with Crippen molar-refractivity contribution >= 4 is 27.4 Å². The average molecular weight is 468 g/mol. The lowest BCUT2D eigenvalue weighted by Gasteiger charge is -2.30. The van der Waals surface area contributed by atoms with E-state index in [9.17, 15) is 14.7 Å². The molecule has 0 bridgehead atoms. The Morgan fingerprint density at radius 3 is 1.94 bits per heavy atom. The van der Waals surface area contributed by atoms with Crippen molar-refractivity contribution in [2.24, 2.45) is 0 Å². The van der Waals surface area contributed by atoms with Gasteiger partial charge in [-0.15, -0.1) is 0 Å². The van der Waals surface area contributed by atoms with Gasteiger partial charge in [-0.05, 0) is 59.6 Å². The second-order valence-corrected chi connectivity index (χ2v) is 10.4. The molecule has 0 radical (unpaired) electrons. The first-order valence-corrected chi connectivity index (χ1v) is 13.7. The van der Waals surface area contributed by atoms with Gasteiger partial charge in [-0.2, -0.15) is 0 Å². The number of fused-ring (bicyclic) bond motifs is 4. The van der Waals surface area contributed by atoms with Crippen LogP contribution in [0.2, 0.25) is 0 Å². The number of unbranched alkanes of at least 4 members (excludes halogenated alkanes) is 2. The van der Waals surface area contributed by atoms with E-state index >= 15 is 0 Å². The number of hydrogen-bond donors (Lipinski definition) is 3. The van der Waals surface area contributed by atoms with E-state index in [-0.39, 0.29) is 0 Å². The van der Waals surface area contributed by atoms with Crippen molar-refractivity contribution in [2.45, 2.75) is 52.4 Å². The molecule has 0 aliphatic heterocycles. The minimum atomic E-state index is -2.37. The van der Waals surface area contributed by atoms with E-state index in [2.05, 4.69) is 32.0 Å². The summed E-state index contributed by atoms with van der Waals surface area (Å²) in [5.41, 5.74) is 6.25. The van der Waals surface area contributed by atoms with Crippen LogP contribution in [0.15, 0.2) is 54.6 Å². The molecule has 1 aliphatic rings. The molecule has 0 amide bonds. The lowest BCUT2D eigenvalue weighted by Crippen LogP contribution is -2.28. The fourth-order valence-electron chi connectivity index (χ4n) is 4.32. The normalized spacial score (nSPS) is 12.8. The monoisotopic (exact) mass is 468 g/mol. The molecule has 6 heteroatoms. The standard InChI is InChI=1S/C26H30O4P2/c1-3-5-10-18-12-9-13-19(11-6-4-2)25(18)30-32(29)26-23(31(27)28)17-16-22-20-14-7-8-15-21(20)24(22)26/h7-9,12-17,27-29H,3-6,10-11H2,1-2H3. The van der Waals surface area contributed by atoms with Gasteiger partial charge in [0.1, 0.15) is 5.75 Å². The summed E-state index contributed by atoms with van der Waals surface area (Å²) in [6, 6.07) is 17.8. The Labute approximate surface area is 192 Å². The van der Waals surface area contributed by atoms with Crippen molar-refractivity contribution in [1.82, 2.24) is 0 Å². The van der Waals surface area contributed by atoms with Crippen LogP contribution in [0, 0.1) is 0 Å². The second kappa shape index (κ2) is 10.4.